The van der Waals surface area contributed by atoms with Crippen LogP contribution in [-0.2, 0) is 22.5 Å². The number of esters is 1. The lowest BCUT2D eigenvalue weighted by Crippen LogP contribution is -2.16. The molecule has 1 atom stereocenters. The van der Waals surface area contributed by atoms with Crippen LogP contribution in [0.1, 0.15) is 50.3 Å². The molecule has 0 spiro atoms. The van der Waals surface area contributed by atoms with Gasteiger partial charge in [0.15, 0.2) is 0 Å². The fourth-order valence-corrected chi connectivity index (χ4v) is 2.62. The number of carbonyl (C=O) groups is 1. The summed E-state index contributed by atoms with van der Waals surface area (Å²) in [7, 11) is 0. The van der Waals surface area contributed by atoms with Gasteiger partial charge in [-0.3, -0.25) is 9.48 Å². The molecule has 0 bridgehead atoms. The third kappa shape index (κ3) is 2.51. The molecular formula is C13H20N2O2. The average Bonchev–Trinajstić information content (AvgIpc) is 2.73. The maximum Gasteiger partial charge on any atom is 0.306 e. The number of carbonyl (C=O) groups excluding carboxylic acids is 1. The maximum atomic E-state index is 11.5. The lowest BCUT2D eigenvalue weighted by Gasteiger charge is -2.22. The molecule has 0 aliphatic heterocycles. The molecule has 17 heavy (non-hydrogen) atoms. The fraction of sp³-hybridized carbons (Fsp3) is 0.692. The van der Waals surface area contributed by atoms with Gasteiger partial charge in [0, 0.05) is 12.2 Å². The number of hydrogen-bond acceptors (Lipinski definition) is 3. The molecule has 1 heterocycles. The molecule has 2 rings (SSSR count). The number of aromatic nitrogens is 2. The quantitative estimate of drug-likeness (QED) is 0.753. The van der Waals surface area contributed by atoms with E-state index < -0.39 is 0 Å². The van der Waals surface area contributed by atoms with E-state index >= 15 is 0 Å². The van der Waals surface area contributed by atoms with Crippen molar-refractivity contribution in [3.63, 3.8) is 0 Å². The van der Waals surface area contributed by atoms with Gasteiger partial charge in [-0.25, -0.2) is 0 Å². The van der Waals surface area contributed by atoms with E-state index in [9.17, 15) is 4.79 Å². The van der Waals surface area contributed by atoms with Gasteiger partial charge in [-0.1, -0.05) is 0 Å². The summed E-state index contributed by atoms with van der Waals surface area (Å²) >= 11 is 0. The zero-order chi connectivity index (χ0) is 12.3. The van der Waals surface area contributed by atoms with Crippen LogP contribution in [0.25, 0.3) is 0 Å². The number of hydrogen-bond donors (Lipinski definition) is 0. The van der Waals surface area contributed by atoms with Gasteiger partial charge >= 0.3 is 5.97 Å². The second kappa shape index (κ2) is 5.34. The highest BCUT2D eigenvalue weighted by Crippen LogP contribution is 2.34. The highest BCUT2D eigenvalue weighted by atomic mass is 16.5. The van der Waals surface area contributed by atoms with Crippen LogP contribution >= 0.6 is 0 Å². The molecule has 0 aromatic carbocycles. The minimum absolute atomic E-state index is 0.0883. The molecule has 1 aliphatic rings. The summed E-state index contributed by atoms with van der Waals surface area (Å²) in [4.78, 5) is 11.5. The average molecular weight is 236 g/mol. The predicted molar refractivity (Wildman–Crippen MR) is 64.8 cm³/mol. The van der Waals surface area contributed by atoms with Gasteiger partial charge in [-0.15, -0.1) is 0 Å². The van der Waals surface area contributed by atoms with E-state index in [4.69, 9.17) is 4.74 Å². The van der Waals surface area contributed by atoms with Crippen molar-refractivity contribution in [1.82, 2.24) is 9.78 Å². The second-order valence-corrected chi connectivity index (χ2v) is 4.46. The van der Waals surface area contributed by atoms with Crippen LogP contribution in [0.2, 0.25) is 0 Å². The zero-order valence-corrected chi connectivity index (χ0v) is 10.6. The minimum Gasteiger partial charge on any atom is -0.466 e. The third-order valence-corrected chi connectivity index (χ3v) is 3.40. The van der Waals surface area contributed by atoms with Gasteiger partial charge in [-0.2, -0.15) is 5.10 Å². The van der Waals surface area contributed by atoms with Crippen molar-refractivity contribution in [3.05, 3.63) is 17.5 Å². The van der Waals surface area contributed by atoms with E-state index in [1.165, 1.54) is 11.3 Å². The standard InChI is InChI=1S/C13H20N2O2/c1-3-15-12-7-5-6-10(11(12)9-14-15)8-13(16)17-4-2/h9-10H,3-8H2,1-2H3. The first kappa shape index (κ1) is 12.1. The predicted octanol–water partition coefficient (Wildman–Crippen LogP) is 2.28. The van der Waals surface area contributed by atoms with Crippen molar-refractivity contribution in [2.24, 2.45) is 0 Å². The number of aryl methyl sites for hydroxylation is 1. The Kier molecular flexibility index (Phi) is 3.82. The van der Waals surface area contributed by atoms with E-state index in [1.807, 2.05) is 17.8 Å². The van der Waals surface area contributed by atoms with Crippen LogP contribution < -0.4 is 0 Å². The lowest BCUT2D eigenvalue weighted by molar-refractivity contribution is -0.143. The van der Waals surface area contributed by atoms with Gasteiger partial charge < -0.3 is 4.74 Å². The summed E-state index contributed by atoms with van der Waals surface area (Å²) in [5.41, 5.74) is 2.57. The molecule has 94 valence electrons. The van der Waals surface area contributed by atoms with E-state index in [0.717, 1.165) is 25.8 Å². The van der Waals surface area contributed by atoms with Crippen LogP contribution in [-0.4, -0.2) is 22.4 Å². The van der Waals surface area contributed by atoms with Gasteiger partial charge in [0.25, 0.3) is 0 Å². The highest BCUT2D eigenvalue weighted by molar-refractivity contribution is 5.70. The molecule has 4 nitrogen and oxygen atoms in total. The molecule has 0 saturated carbocycles. The maximum absolute atomic E-state index is 11.5. The van der Waals surface area contributed by atoms with Crippen molar-refractivity contribution < 1.29 is 9.53 Å². The summed E-state index contributed by atoms with van der Waals surface area (Å²) in [6.45, 7) is 5.32. The largest absolute Gasteiger partial charge is 0.466 e. The topological polar surface area (TPSA) is 44.1 Å². The van der Waals surface area contributed by atoms with E-state index in [0.29, 0.717) is 18.9 Å². The van der Waals surface area contributed by atoms with Crippen molar-refractivity contribution in [2.45, 2.75) is 52.0 Å². The number of nitrogens with zero attached hydrogens (tertiary/aromatic N) is 2. The van der Waals surface area contributed by atoms with Crippen molar-refractivity contribution in [1.29, 1.82) is 0 Å². The molecule has 0 radical (unpaired) electrons. The van der Waals surface area contributed by atoms with E-state index in [1.54, 1.807) is 0 Å². The second-order valence-electron chi connectivity index (χ2n) is 4.46. The van der Waals surface area contributed by atoms with Gasteiger partial charge in [0.1, 0.15) is 0 Å². The van der Waals surface area contributed by atoms with Crippen LogP contribution in [0.15, 0.2) is 6.20 Å². The van der Waals surface area contributed by atoms with Crippen LogP contribution in [0.3, 0.4) is 0 Å². The molecule has 0 N–H and O–H groups in total. The number of ether oxygens (including phenoxy) is 1. The number of rotatable bonds is 4. The summed E-state index contributed by atoms with van der Waals surface area (Å²) < 4.78 is 7.07. The van der Waals surface area contributed by atoms with Crippen LogP contribution in [0.5, 0.6) is 0 Å². The Bertz CT molecular complexity index is 398. The molecule has 4 heteroatoms. The first-order valence-corrected chi connectivity index (χ1v) is 6.46. The Morgan fingerprint density at radius 3 is 3.12 bits per heavy atom. The first-order chi connectivity index (χ1) is 8.26. The monoisotopic (exact) mass is 236 g/mol. The number of fused-ring (bicyclic) bond motifs is 1. The fourth-order valence-electron chi connectivity index (χ4n) is 2.62. The van der Waals surface area contributed by atoms with Crippen molar-refractivity contribution in [3.8, 4) is 0 Å². The van der Waals surface area contributed by atoms with Crippen LogP contribution in [0, 0.1) is 0 Å². The first-order valence-electron chi connectivity index (χ1n) is 6.46. The van der Waals surface area contributed by atoms with Gasteiger partial charge in [0.05, 0.1) is 19.2 Å². The molecular weight excluding hydrogens is 216 g/mol. The molecule has 1 unspecified atom stereocenters. The summed E-state index contributed by atoms with van der Waals surface area (Å²) in [5, 5.41) is 4.38. The van der Waals surface area contributed by atoms with Gasteiger partial charge in [0.2, 0.25) is 0 Å². The SMILES string of the molecule is CCOC(=O)CC1CCCc2c1cnn2CC. The Morgan fingerprint density at radius 1 is 1.59 bits per heavy atom. The Balaban J connectivity index is 2.12. The molecule has 0 amide bonds. The smallest absolute Gasteiger partial charge is 0.306 e. The van der Waals surface area contributed by atoms with E-state index in [2.05, 4.69) is 12.0 Å². The van der Waals surface area contributed by atoms with Crippen molar-refractivity contribution >= 4 is 5.97 Å². The van der Waals surface area contributed by atoms with Gasteiger partial charge in [-0.05, 0) is 44.6 Å². The summed E-state index contributed by atoms with van der Waals surface area (Å²) in [5.74, 6) is 0.215. The highest BCUT2D eigenvalue weighted by Gasteiger charge is 2.26. The van der Waals surface area contributed by atoms with E-state index in [-0.39, 0.29) is 5.97 Å². The minimum atomic E-state index is -0.0883. The zero-order valence-electron chi connectivity index (χ0n) is 10.6. The lowest BCUT2D eigenvalue weighted by atomic mass is 9.85. The summed E-state index contributed by atoms with van der Waals surface area (Å²) in [6, 6.07) is 0. The normalized spacial score (nSPS) is 18.8. The van der Waals surface area contributed by atoms with Crippen molar-refractivity contribution in [2.75, 3.05) is 6.61 Å². The molecule has 1 aliphatic carbocycles. The molecule has 1 aromatic rings. The van der Waals surface area contributed by atoms with Crippen LogP contribution in [0.4, 0.5) is 0 Å². The Labute approximate surface area is 102 Å². The molecule has 0 saturated heterocycles. The molecule has 0 fully saturated rings. The Hall–Kier alpha value is -1.32. The third-order valence-electron chi connectivity index (χ3n) is 3.40. The molecule has 1 aromatic heterocycles. The Morgan fingerprint density at radius 2 is 2.41 bits per heavy atom. The summed E-state index contributed by atoms with van der Waals surface area (Å²) in [6.07, 6.45) is 5.73.